The van der Waals surface area contributed by atoms with Crippen LogP contribution in [0.5, 0.6) is 11.5 Å². The predicted octanol–water partition coefficient (Wildman–Crippen LogP) is 4.02. The molecule has 0 heterocycles. The van der Waals surface area contributed by atoms with E-state index < -0.39 is 0 Å². The number of rotatable bonds is 9. The average molecular weight is 415 g/mol. The molecule has 0 unspecified atom stereocenters. The highest BCUT2D eigenvalue weighted by atomic mass is 35.5. The van der Waals surface area contributed by atoms with E-state index in [1.54, 1.807) is 68.8 Å². The zero-order valence-corrected chi connectivity index (χ0v) is 17.1. The molecule has 0 aliphatic heterocycles. The summed E-state index contributed by atoms with van der Waals surface area (Å²) < 4.78 is 10.8. The van der Waals surface area contributed by atoms with Gasteiger partial charge in [0.2, 0.25) is 11.8 Å². The van der Waals surface area contributed by atoms with Gasteiger partial charge in [0.15, 0.2) is 11.5 Å². The number of carbonyl (C=O) groups excluding carboxylic acids is 2. The molecule has 0 atom stereocenters. The summed E-state index contributed by atoms with van der Waals surface area (Å²) in [6.45, 7) is 3.90. The maximum atomic E-state index is 12.3. The van der Waals surface area contributed by atoms with Gasteiger partial charge in [-0.15, -0.1) is 0 Å². The Morgan fingerprint density at radius 1 is 1.17 bits per heavy atom. The number of likely N-dealkylation sites (N-methyl/N-ethyl adjacent to an activating group) is 1. The number of nitrogens with zero attached hydrogens (tertiary/aromatic N) is 1. The van der Waals surface area contributed by atoms with Gasteiger partial charge in [0.05, 0.1) is 13.7 Å². The van der Waals surface area contributed by atoms with Crippen molar-refractivity contribution in [1.29, 1.82) is 0 Å². The van der Waals surface area contributed by atoms with Gasteiger partial charge < -0.3 is 19.7 Å². The van der Waals surface area contributed by atoms with Crippen LogP contribution in [0.2, 0.25) is 5.02 Å². The predicted molar refractivity (Wildman–Crippen MR) is 115 cm³/mol. The van der Waals surface area contributed by atoms with Crippen molar-refractivity contribution >= 4 is 35.2 Å². The third-order valence-electron chi connectivity index (χ3n) is 3.85. The Bertz CT molecular complexity index is 894. The summed E-state index contributed by atoms with van der Waals surface area (Å²) in [5, 5.41) is 3.29. The van der Waals surface area contributed by atoms with Crippen molar-refractivity contribution in [3.05, 3.63) is 71.8 Å². The number of hydrogen-bond acceptors (Lipinski definition) is 4. The molecule has 0 saturated carbocycles. The van der Waals surface area contributed by atoms with Gasteiger partial charge in [-0.1, -0.05) is 30.3 Å². The highest BCUT2D eigenvalue weighted by molar-refractivity contribution is 6.30. The van der Waals surface area contributed by atoms with Crippen molar-refractivity contribution in [2.45, 2.75) is 0 Å². The highest BCUT2D eigenvalue weighted by Gasteiger charge is 2.11. The minimum absolute atomic E-state index is 0.0799. The fourth-order valence-corrected chi connectivity index (χ4v) is 2.50. The van der Waals surface area contributed by atoms with Crippen molar-refractivity contribution in [3.8, 4) is 11.5 Å². The molecule has 152 valence electrons. The molecular formula is C22H23ClN2O4. The third kappa shape index (κ3) is 7.01. The Balaban J connectivity index is 1.94. The first-order valence-corrected chi connectivity index (χ1v) is 9.21. The van der Waals surface area contributed by atoms with Crippen LogP contribution in [0.4, 0.5) is 5.69 Å². The monoisotopic (exact) mass is 414 g/mol. The van der Waals surface area contributed by atoms with Crippen molar-refractivity contribution in [3.63, 3.8) is 0 Å². The molecule has 1 N–H and O–H groups in total. The van der Waals surface area contributed by atoms with Gasteiger partial charge >= 0.3 is 0 Å². The second-order valence-electron chi connectivity index (χ2n) is 6.09. The summed E-state index contributed by atoms with van der Waals surface area (Å²) in [5.41, 5.74) is 1.38. The van der Waals surface area contributed by atoms with Crippen molar-refractivity contribution in [1.82, 2.24) is 4.90 Å². The molecule has 2 aromatic carbocycles. The van der Waals surface area contributed by atoms with Gasteiger partial charge in [-0.3, -0.25) is 9.59 Å². The lowest BCUT2D eigenvalue weighted by Crippen LogP contribution is -2.33. The average Bonchev–Trinajstić information content (AvgIpc) is 2.72. The van der Waals surface area contributed by atoms with Crippen LogP contribution < -0.4 is 14.8 Å². The molecule has 0 spiro atoms. The van der Waals surface area contributed by atoms with Gasteiger partial charge in [0.1, 0.15) is 6.61 Å². The molecule has 0 bridgehead atoms. The number of hydrogen-bond donors (Lipinski definition) is 1. The molecule has 0 radical (unpaired) electrons. The smallest absolute Gasteiger partial charge is 0.246 e. The van der Waals surface area contributed by atoms with E-state index in [0.717, 1.165) is 5.56 Å². The standard InChI is InChI=1S/C22H23ClN2O4/c1-4-13-29-19-11-5-16(14-20(19)28-3)6-12-22(27)25(2)15-21(26)24-18-9-7-17(23)8-10-18/h4-12,14H,1,13,15H2,2-3H3,(H,24,26)/b12-6+. The van der Waals surface area contributed by atoms with Gasteiger partial charge in [0, 0.05) is 23.8 Å². The van der Waals surface area contributed by atoms with E-state index in [0.29, 0.717) is 28.8 Å². The molecule has 2 aromatic rings. The number of ether oxygens (including phenoxy) is 2. The Kier molecular flexibility index (Phi) is 8.30. The second-order valence-corrected chi connectivity index (χ2v) is 6.53. The Labute approximate surface area is 175 Å². The van der Waals surface area contributed by atoms with Gasteiger partial charge in [-0.05, 0) is 48.0 Å². The molecule has 2 amide bonds. The van der Waals surface area contributed by atoms with Crippen LogP contribution in [-0.2, 0) is 9.59 Å². The van der Waals surface area contributed by atoms with E-state index in [4.69, 9.17) is 21.1 Å². The first-order valence-electron chi connectivity index (χ1n) is 8.83. The summed E-state index contributed by atoms with van der Waals surface area (Å²) >= 11 is 5.82. The number of carbonyl (C=O) groups is 2. The Morgan fingerprint density at radius 3 is 2.55 bits per heavy atom. The van der Waals surface area contributed by atoms with Crippen molar-refractivity contribution in [2.24, 2.45) is 0 Å². The van der Waals surface area contributed by atoms with Crippen LogP contribution in [0.3, 0.4) is 0 Å². The minimum atomic E-state index is -0.304. The number of benzene rings is 2. The molecule has 0 saturated heterocycles. The number of amides is 2. The van der Waals surface area contributed by atoms with Crippen LogP contribution >= 0.6 is 11.6 Å². The summed E-state index contributed by atoms with van der Waals surface area (Å²) in [7, 11) is 3.10. The van der Waals surface area contributed by atoms with E-state index in [9.17, 15) is 9.59 Å². The van der Waals surface area contributed by atoms with Crippen molar-refractivity contribution < 1.29 is 19.1 Å². The summed E-state index contributed by atoms with van der Waals surface area (Å²) in [6.07, 6.45) is 4.69. The van der Waals surface area contributed by atoms with Crippen LogP contribution in [0.1, 0.15) is 5.56 Å². The number of halogens is 1. The number of anilines is 1. The van der Waals surface area contributed by atoms with E-state index in [2.05, 4.69) is 11.9 Å². The van der Waals surface area contributed by atoms with Crippen LogP contribution in [0, 0.1) is 0 Å². The van der Waals surface area contributed by atoms with E-state index in [1.165, 1.54) is 11.0 Å². The molecular weight excluding hydrogens is 392 g/mol. The largest absolute Gasteiger partial charge is 0.493 e. The quantitative estimate of drug-likeness (QED) is 0.497. The summed E-state index contributed by atoms with van der Waals surface area (Å²) in [5.74, 6) is 0.535. The highest BCUT2D eigenvalue weighted by Crippen LogP contribution is 2.28. The maximum Gasteiger partial charge on any atom is 0.246 e. The first-order chi connectivity index (χ1) is 13.9. The fraction of sp³-hybridized carbons (Fsp3) is 0.182. The lowest BCUT2D eigenvalue weighted by Gasteiger charge is -2.15. The topological polar surface area (TPSA) is 67.9 Å². The maximum absolute atomic E-state index is 12.3. The summed E-state index contributed by atoms with van der Waals surface area (Å²) in [4.78, 5) is 25.7. The van der Waals surface area contributed by atoms with Crippen LogP contribution in [0.15, 0.2) is 61.2 Å². The molecule has 0 aliphatic rings. The molecule has 2 rings (SSSR count). The van der Waals surface area contributed by atoms with Crippen LogP contribution in [-0.4, -0.2) is 44.0 Å². The van der Waals surface area contributed by atoms with E-state index >= 15 is 0 Å². The van der Waals surface area contributed by atoms with Crippen LogP contribution in [0.25, 0.3) is 6.08 Å². The zero-order chi connectivity index (χ0) is 21.2. The molecule has 0 aromatic heterocycles. The summed E-state index contributed by atoms with van der Waals surface area (Å²) in [6, 6.07) is 12.1. The van der Waals surface area contributed by atoms with Gasteiger partial charge in [-0.25, -0.2) is 0 Å². The number of nitrogens with one attached hydrogen (secondary N) is 1. The first kappa shape index (κ1) is 22.0. The van der Waals surface area contributed by atoms with E-state index in [-0.39, 0.29) is 18.4 Å². The molecule has 29 heavy (non-hydrogen) atoms. The van der Waals surface area contributed by atoms with Gasteiger partial charge in [0.25, 0.3) is 0 Å². The Hall–Kier alpha value is -3.25. The SMILES string of the molecule is C=CCOc1ccc(/C=C/C(=O)N(C)CC(=O)Nc2ccc(Cl)cc2)cc1OC. The lowest BCUT2D eigenvalue weighted by molar-refractivity contribution is -0.129. The third-order valence-corrected chi connectivity index (χ3v) is 4.10. The molecule has 0 fully saturated rings. The number of methoxy groups -OCH3 is 1. The minimum Gasteiger partial charge on any atom is -0.493 e. The molecule has 6 nitrogen and oxygen atoms in total. The Morgan fingerprint density at radius 2 is 1.90 bits per heavy atom. The molecule has 0 aliphatic carbocycles. The normalized spacial score (nSPS) is 10.4. The second kappa shape index (κ2) is 10.9. The van der Waals surface area contributed by atoms with Crippen molar-refractivity contribution in [2.75, 3.05) is 32.6 Å². The zero-order valence-electron chi connectivity index (χ0n) is 16.4. The van der Waals surface area contributed by atoms with Gasteiger partial charge in [-0.2, -0.15) is 0 Å². The lowest BCUT2D eigenvalue weighted by atomic mass is 10.2. The van der Waals surface area contributed by atoms with E-state index in [1.807, 2.05) is 0 Å². The fourth-order valence-electron chi connectivity index (χ4n) is 2.38. The molecule has 7 heteroatoms.